The number of nitro benzene ring substituents is 1. The van der Waals surface area contributed by atoms with Gasteiger partial charge in [0.2, 0.25) is 5.91 Å². The van der Waals surface area contributed by atoms with E-state index in [9.17, 15) is 25.1 Å². The predicted octanol–water partition coefficient (Wildman–Crippen LogP) is 7.05. The first kappa shape index (κ1) is 33.3. The Morgan fingerprint density at radius 1 is 1.04 bits per heavy atom. The number of rotatable bonds is 13. The van der Waals surface area contributed by atoms with Gasteiger partial charge >= 0.3 is 0 Å². The van der Waals surface area contributed by atoms with Crippen LogP contribution in [0.25, 0.3) is 0 Å². The fourth-order valence-corrected chi connectivity index (χ4v) is 6.95. The maximum absolute atomic E-state index is 13.8. The lowest BCUT2D eigenvalue weighted by atomic mass is 9.68. The molecule has 9 nitrogen and oxygen atoms in total. The van der Waals surface area contributed by atoms with Crippen molar-refractivity contribution in [2.45, 2.75) is 77.7 Å². The lowest BCUT2D eigenvalue weighted by Gasteiger charge is -2.38. The molecule has 0 heterocycles. The molecule has 1 saturated carbocycles. The quantitative estimate of drug-likeness (QED) is 0.0935. The molecular weight excluding hydrogens is 584 g/mol. The van der Waals surface area contributed by atoms with E-state index in [4.69, 9.17) is 9.47 Å². The highest BCUT2D eigenvalue weighted by Gasteiger charge is 2.67. The summed E-state index contributed by atoms with van der Waals surface area (Å²) in [5, 5.41) is 36.3. The molecule has 0 aromatic heterocycles. The van der Waals surface area contributed by atoms with Gasteiger partial charge in [-0.2, -0.15) is 0 Å². The van der Waals surface area contributed by atoms with Gasteiger partial charge in [-0.05, 0) is 59.9 Å². The van der Waals surface area contributed by atoms with E-state index in [-0.39, 0.29) is 39.7 Å². The molecule has 1 spiro atoms. The number of nitrogens with zero attached hydrogens (tertiary/aromatic N) is 1. The van der Waals surface area contributed by atoms with E-state index in [0.29, 0.717) is 19.6 Å². The first-order valence-electron chi connectivity index (χ1n) is 16.2. The zero-order chi connectivity index (χ0) is 33.4. The summed E-state index contributed by atoms with van der Waals surface area (Å²) < 4.78 is 12.4. The molecule has 0 saturated heterocycles. The van der Waals surface area contributed by atoms with Crippen molar-refractivity contribution < 1.29 is 29.4 Å². The number of hydrogen-bond donors (Lipinski definition) is 3. The number of non-ortho nitro benzene ring substituents is 1. The van der Waals surface area contributed by atoms with Crippen LogP contribution in [0.4, 0.5) is 5.69 Å². The Kier molecular flexibility index (Phi) is 9.10. The monoisotopic (exact) mass is 630 g/mol. The van der Waals surface area contributed by atoms with Crippen LogP contribution in [0.15, 0.2) is 78.3 Å². The van der Waals surface area contributed by atoms with Crippen molar-refractivity contribution in [1.29, 1.82) is 0 Å². The molecule has 3 N–H and O–H groups in total. The van der Waals surface area contributed by atoms with Crippen LogP contribution in [0.2, 0.25) is 0 Å². The maximum atomic E-state index is 13.8. The third kappa shape index (κ3) is 5.81. The lowest BCUT2D eigenvalue weighted by Crippen LogP contribution is -2.44. The van der Waals surface area contributed by atoms with Crippen molar-refractivity contribution >= 4 is 11.6 Å². The van der Waals surface area contributed by atoms with Gasteiger partial charge in [0.1, 0.15) is 11.5 Å². The van der Waals surface area contributed by atoms with E-state index in [1.807, 2.05) is 12.2 Å². The molecule has 3 aliphatic carbocycles. The SMILES string of the molecule is CCC(C)(C)c1ccc(OCCCNC(=O)C2C3C=CC24C(Oc2ccc([N+](=O)[O-])cc2)=C(O)C=CC4C3O)c(C(C)(C)CC)c1. The Bertz CT molecular complexity index is 1570. The number of ether oxygens (including phenoxy) is 2. The Morgan fingerprint density at radius 3 is 2.39 bits per heavy atom. The first-order valence-corrected chi connectivity index (χ1v) is 16.2. The highest BCUT2D eigenvalue weighted by atomic mass is 16.6. The number of nitrogens with one attached hydrogen (secondary N) is 1. The van der Waals surface area contributed by atoms with E-state index in [1.54, 1.807) is 6.08 Å². The molecule has 1 amide bonds. The number of benzene rings is 2. The number of carbonyl (C=O) groups is 1. The molecule has 1 fully saturated rings. The van der Waals surface area contributed by atoms with Crippen molar-refractivity contribution in [3.05, 3.63) is 99.5 Å². The summed E-state index contributed by atoms with van der Waals surface area (Å²) in [4.78, 5) is 24.4. The normalized spacial score (nSPS) is 25.0. The van der Waals surface area contributed by atoms with Crippen LogP contribution in [-0.2, 0) is 15.6 Å². The number of carbonyl (C=O) groups excluding carboxylic acids is 1. The van der Waals surface area contributed by atoms with Crippen LogP contribution in [0.5, 0.6) is 11.5 Å². The molecule has 0 aliphatic heterocycles. The van der Waals surface area contributed by atoms with Gasteiger partial charge in [0, 0.05) is 36.1 Å². The molecule has 46 heavy (non-hydrogen) atoms. The second kappa shape index (κ2) is 12.6. The van der Waals surface area contributed by atoms with Gasteiger partial charge in [-0.1, -0.05) is 71.9 Å². The highest BCUT2D eigenvalue weighted by molar-refractivity contribution is 5.83. The number of nitro groups is 1. The Hall–Kier alpha value is -4.11. The summed E-state index contributed by atoms with van der Waals surface area (Å²) in [7, 11) is 0. The molecule has 9 heteroatoms. The van der Waals surface area contributed by atoms with Crippen molar-refractivity contribution in [1.82, 2.24) is 5.32 Å². The number of amides is 1. The third-order valence-electron chi connectivity index (χ3n) is 10.6. The van der Waals surface area contributed by atoms with E-state index in [2.05, 4.69) is 65.1 Å². The standard InChI is InChI=1S/C37H46N2O7/c1-7-35(3,4)23-10-17-30(28(22-23)36(5,6)8-2)45-21-9-20-38-34(42)31-26-18-19-37(31)27(32(26)41)15-16-29(40)33(37)46-25-13-11-24(12-14-25)39(43)44/h10-19,22,26-27,31-32,40-41H,7-9,20-21H2,1-6H3,(H,38,42). The van der Waals surface area contributed by atoms with Gasteiger partial charge in [0.25, 0.3) is 5.69 Å². The largest absolute Gasteiger partial charge is 0.504 e. The van der Waals surface area contributed by atoms with Crippen molar-refractivity contribution in [2.24, 2.45) is 23.2 Å². The Balaban J connectivity index is 1.27. The maximum Gasteiger partial charge on any atom is 0.269 e. The molecule has 5 rings (SSSR count). The minimum atomic E-state index is -1.10. The number of fused-ring (bicyclic) bond motifs is 1. The predicted molar refractivity (Wildman–Crippen MR) is 177 cm³/mol. The van der Waals surface area contributed by atoms with Gasteiger partial charge < -0.3 is 25.0 Å². The van der Waals surface area contributed by atoms with Gasteiger partial charge in [0.15, 0.2) is 11.5 Å². The zero-order valence-corrected chi connectivity index (χ0v) is 27.6. The molecule has 5 unspecified atom stereocenters. The minimum Gasteiger partial charge on any atom is -0.504 e. The second-order valence-electron chi connectivity index (χ2n) is 14.0. The molecule has 3 aliphatic rings. The smallest absolute Gasteiger partial charge is 0.269 e. The van der Waals surface area contributed by atoms with E-state index in [1.165, 1.54) is 41.5 Å². The molecular formula is C37H46N2O7. The molecule has 2 aromatic rings. The van der Waals surface area contributed by atoms with E-state index >= 15 is 0 Å². The summed E-state index contributed by atoms with van der Waals surface area (Å²) in [6, 6.07) is 12.0. The van der Waals surface area contributed by atoms with Crippen LogP contribution in [0.1, 0.15) is 71.9 Å². The average Bonchev–Trinajstić information content (AvgIpc) is 3.53. The number of hydrogen-bond acceptors (Lipinski definition) is 7. The fourth-order valence-electron chi connectivity index (χ4n) is 6.95. The topological polar surface area (TPSA) is 131 Å². The summed E-state index contributed by atoms with van der Waals surface area (Å²) in [5.41, 5.74) is 1.29. The summed E-state index contributed by atoms with van der Waals surface area (Å²) >= 11 is 0. The van der Waals surface area contributed by atoms with E-state index < -0.39 is 34.2 Å². The number of aliphatic hydroxyl groups excluding tert-OH is 2. The Morgan fingerprint density at radius 2 is 1.74 bits per heavy atom. The summed E-state index contributed by atoms with van der Waals surface area (Å²) in [5.74, 6) is -0.763. The van der Waals surface area contributed by atoms with Crippen molar-refractivity contribution in [3.63, 3.8) is 0 Å². The summed E-state index contributed by atoms with van der Waals surface area (Å²) in [6.45, 7) is 14.2. The third-order valence-corrected chi connectivity index (χ3v) is 10.6. The summed E-state index contributed by atoms with van der Waals surface area (Å²) in [6.07, 6.45) is 8.61. The number of aliphatic hydroxyl groups is 2. The lowest BCUT2D eigenvalue weighted by molar-refractivity contribution is -0.384. The second-order valence-corrected chi connectivity index (χ2v) is 14.0. The van der Waals surface area contributed by atoms with Crippen LogP contribution in [0.3, 0.4) is 0 Å². The van der Waals surface area contributed by atoms with E-state index in [0.717, 1.165) is 18.6 Å². The number of allylic oxidation sites excluding steroid dienone is 2. The molecule has 0 radical (unpaired) electrons. The van der Waals surface area contributed by atoms with Gasteiger partial charge in [-0.3, -0.25) is 14.9 Å². The van der Waals surface area contributed by atoms with Gasteiger partial charge in [-0.25, -0.2) is 0 Å². The van der Waals surface area contributed by atoms with Crippen LogP contribution >= 0.6 is 0 Å². The fraction of sp³-hybridized carbons (Fsp3) is 0.486. The first-order chi connectivity index (χ1) is 21.8. The Labute approximate surface area is 271 Å². The molecule has 2 aromatic carbocycles. The van der Waals surface area contributed by atoms with Crippen LogP contribution < -0.4 is 14.8 Å². The average molecular weight is 631 g/mol. The van der Waals surface area contributed by atoms with Crippen molar-refractivity contribution in [3.8, 4) is 11.5 Å². The molecule has 5 atom stereocenters. The molecule has 246 valence electrons. The molecule has 2 bridgehead atoms. The van der Waals surface area contributed by atoms with Crippen molar-refractivity contribution in [2.75, 3.05) is 13.2 Å². The van der Waals surface area contributed by atoms with Gasteiger partial charge in [-0.15, -0.1) is 0 Å². The van der Waals surface area contributed by atoms with Gasteiger partial charge in [0.05, 0.1) is 29.0 Å². The highest BCUT2D eigenvalue weighted by Crippen LogP contribution is 2.63. The van der Waals surface area contributed by atoms with Crippen LogP contribution in [0, 0.1) is 33.3 Å². The minimum absolute atomic E-state index is 0.0589. The zero-order valence-electron chi connectivity index (χ0n) is 27.6. The van der Waals surface area contributed by atoms with Crippen LogP contribution in [-0.4, -0.2) is 40.3 Å².